The Morgan fingerprint density at radius 3 is 2.68 bits per heavy atom. The Morgan fingerprint density at radius 2 is 1.86 bits per heavy atom. The third-order valence-electron chi connectivity index (χ3n) is 5.94. The van der Waals surface area contributed by atoms with E-state index in [9.17, 15) is 9.59 Å². The highest BCUT2D eigenvalue weighted by molar-refractivity contribution is 6.08. The molecule has 1 unspecified atom stereocenters. The quantitative estimate of drug-likeness (QED) is 0.809. The molecule has 0 saturated heterocycles. The number of benzene rings is 2. The molecule has 5 nitrogen and oxygen atoms in total. The molecule has 0 aromatic heterocycles. The molecule has 1 amide bonds. The number of fused-ring (bicyclic) bond motifs is 2. The second kappa shape index (κ2) is 6.97. The van der Waals surface area contributed by atoms with Crippen molar-refractivity contribution in [1.82, 2.24) is 0 Å². The van der Waals surface area contributed by atoms with Crippen LogP contribution in [0.1, 0.15) is 47.5 Å². The van der Waals surface area contributed by atoms with Gasteiger partial charge in [-0.25, -0.2) is 0 Å². The molecule has 2 aromatic carbocycles. The fourth-order valence-corrected chi connectivity index (χ4v) is 4.32. The topological polar surface area (TPSA) is 55.8 Å². The zero-order valence-electron chi connectivity index (χ0n) is 15.7. The lowest BCUT2D eigenvalue weighted by Crippen LogP contribution is -2.38. The first-order valence-corrected chi connectivity index (χ1v) is 10.0. The van der Waals surface area contributed by atoms with E-state index in [2.05, 4.69) is 6.07 Å². The van der Waals surface area contributed by atoms with Gasteiger partial charge in [-0.2, -0.15) is 0 Å². The Morgan fingerprint density at radius 1 is 1.07 bits per heavy atom. The van der Waals surface area contributed by atoms with Crippen LogP contribution in [0.2, 0.25) is 0 Å². The van der Waals surface area contributed by atoms with E-state index in [4.69, 9.17) is 9.47 Å². The minimum Gasteiger partial charge on any atom is -0.486 e. The molecule has 1 atom stereocenters. The van der Waals surface area contributed by atoms with E-state index < -0.39 is 0 Å². The predicted octanol–water partition coefficient (Wildman–Crippen LogP) is 3.96. The molecule has 5 heteroatoms. The molecule has 1 saturated carbocycles. The van der Waals surface area contributed by atoms with Crippen molar-refractivity contribution < 1.29 is 19.1 Å². The smallest absolute Gasteiger partial charge is 0.227 e. The van der Waals surface area contributed by atoms with Crippen molar-refractivity contribution >= 4 is 17.4 Å². The van der Waals surface area contributed by atoms with Gasteiger partial charge in [-0.05, 0) is 54.5 Å². The lowest BCUT2D eigenvalue weighted by molar-refractivity contribution is -0.119. The van der Waals surface area contributed by atoms with Gasteiger partial charge in [0.25, 0.3) is 0 Å². The fourth-order valence-electron chi connectivity index (χ4n) is 4.32. The summed E-state index contributed by atoms with van der Waals surface area (Å²) in [7, 11) is 0. The number of carbonyl (C=O) groups excluding carboxylic acids is 2. The number of ether oxygens (including phenoxy) is 2. The van der Waals surface area contributed by atoms with Crippen LogP contribution < -0.4 is 14.4 Å². The number of Topliss-reactive ketones (excluding diaryl/α,β-unsaturated/α-hetero) is 1. The van der Waals surface area contributed by atoms with E-state index in [0.717, 1.165) is 35.6 Å². The zero-order chi connectivity index (χ0) is 19.1. The van der Waals surface area contributed by atoms with Gasteiger partial charge in [0.1, 0.15) is 13.2 Å². The van der Waals surface area contributed by atoms with Crippen LogP contribution in [0.4, 0.5) is 5.69 Å². The number of hydrogen-bond donors (Lipinski definition) is 0. The van der Waals surface area contributed by atoms with Crippen molar-refractivity contribution in [2.45, 2.75) is 31.6 Å². The molecule has 1 aliphatic carbocycles. The molecular formula is C23H23NO4. The van der Waals surface area contributed by atoms with E-state index in [1.807, 2.05) is 36.4 Å². The summed E-state index contributed by atoms with van der Waals surface area (Å²) in [6.07, 6.45) is 3.15. The number of amides is 1. The molecule has 0 bridgehead atoms. The van der Waals surface area contributed by atoms with E-state index in [0.29, 0.717) is 44.1 Å². The van der Waals surface area contributed by atoms with Crippen LogP contribution in [0.15, 0.2) is 42.5 Å². The summed E-state index contributed by atoms with van der Waals surface area (Å²) in [6, 6.07) is 13.5. The van der Waals surface area contributed by atoms with Crippen molar-refractivity contribution in [3.8, 4) is 11.5 Å². The van der Waals surface area contributed by atoms with Crippen LogP contribution in [-0.2, 0) is 4.79 Å². The van der Waals surface area contributed by atoms with Crippen molar-refractivity contribution in [1.29, 1.82) is 0 Å². The van der Waals surface area contributed by atoms with Crippen LogP contribution in [0, 0.1) is 5.92 Å². The first-order chi connectivity index (χ1) is 13.7. The normalized spacial score (nSPS) is 19.1. The highest BCUT2D eigenvalue weighted by Crippen LogP contribution is 2.47. The van der Waals surface area contributed by atoms with Crippen molar-refractivity contribution in [2.24, 2.45) is 5.92 Å². The second-order valence-electron chi connectivity index (χ2n) is 7.79. The first kappa shape index (κ1) is 17.3. The largest absolute Gasteiger partial charge is 0.486 e. The zero-order valence-corrected chi connectivity index (χ0v) is 15.7. The third kappa shape index (κ3) is 3.15. The SMILES string of the molecule is O=C1CCN(C(=O)CC(c2ccc3c(c2)OCCO3)C2CC2)c2ccccc21. The van der Waals surface area contributed by atoms with Gasteiger partial charge >= 0.3 is 0 Å². The van der Waals surface area contributed by atoms with E-state index in [-0.39, 0.29) is 17.6 Å². The fraction of sp³-hybridized carbons (Fsp3) is 0.391. The Balaban J connectivity index is 1.40. The Kier molecular flexibility index (Phi) is 4.30. The molecule has 0 N–H and O–H groups in total. The van der Waals surface area contributed by atoms with Gasteiger partial charge in [0.15, 0.2) is 17.3 Å². The maximum Gasteiger partial charge on any atom is 0.227 e. The third-order valence-corrected chi connectivity index (χ3v) is 5.94. The summed E-state index contributed by atoms with van der Waals surface area (Å²) in [4.78, 5) is 27.2. The average Bonchev–Trinajstić information content (AvgIpc) is 3.57. The Hall–Kier alpha value is -2.82. The van der Waals surface area contributed by atoms with Crippen molar-refractivity contribution in [2.75, 3.05) is 24.7 Å². The molecule has 2 aliphatic heterocycles. The number of nitrogens with zero attached hydrogens (tertiary/aromatic N) is 1. The standard InChI is InChI=1S/C23H23NO4/c25-20-9-10-24(19-4-2-1-3-17(19)20)23(26)14-18(15-5-6-15)16-7-8-21-22(13-16)28-12-11-27-21/h1-4,7-8,13,15,18H,5-6,9-12,14H2. The van der Waals surface area contributed by atoms with Crippen LogP contribution >= 0.6 is 0 Å². The summed E-state index contributed by atoms with van der Waals surface area (Å²) in [6.45, 7) is 1.60. The molecule has 3 aliphatic rings. The highest BCUT2D eigenvalue weighted by atomic mass is 16.6. The molecule has 28 heavy (non-hydrogen) atoms. The number of rotatable bonds is 4. The van der Waals surface area contributed by atoms with Gasteiger partial charge in [-0.3, -0.25) is 9.59 Å². The minimum absolute atomic E-state index is 0.0896. The van der Waals surface area contributed by atoms with E-state index in [1.165, 1.54) is 0 Å². The van der Waals surface area contributed by atoms with Gasteiger partial charge in [-0.15, -0.1) is 0 Å². The molecule has 2 aromatic rings. The van der Waals surface area contributed by atoms with Gasteiger partial charge in [0, 0.05) is 24.9 Å². The lowest BCUT2D eigenvalue weighted by atomic mass is 9.89. The molecule has 2 heterocycles. The molecule has 5 rings (SSSR count). The summed E-state index contributed by atoms with van der Waals surface area (Å²) >= 11 is 0. The van der Waals surface area contributed by atoms with Gasteiger partial charge in [0.05, 0.1) is 5.69 Å². The van der Waals surface area contributed by atoms with Crippen LogP contribution in [0.25, 0.3) is 0 Å². The summed E-state index contributed by atoms with van der Waals surface area (Å²) in [5.74, 6) is 2.47. The lowest BCUT2D eigenvalue weighted by Gasteiger charge is -2.30. The van der Waals surface area contributed by atoms with E-state index >= 15 is 0 Å². The summed E-state index contributed by atoms with van der Waals surface area (Å²) in [5, 5.41) is 0. The van der Waals surface area contributed by atoms with Crippen LogP contribution in [0.3, 0.4) is 0 Å². The second-order valence-corrected chi connectivity index (χ2v) is 7.79. The number of para-hydroxylation sites is 1. The number of ketones is 1. The van der Waals surface area contributed by atoms with Gasteiger partial charge in [-0.1, -0.05) is 18.2 Å². The summed E-state index contributed by atoms with van der Waals surface area (Å²) in [5.41, 5.74) is 2.55. The number of anilines is 1. The van der Waals surface area contributed by atoms with E-state index in [1.54, 1.807) is 4.90 Å². The van der Waals surface area contributed by atoms with Crippen LogP contribution in [0.5, 0.6) is 11.5 Å². The Bertz CT molecular complexity index is 934. The molecule has 0 spiro atoms. The molecule has 144 valence electrons. The van der Waals surface area contributed by atoms with Gasteiger partial charge < -0.3 is 14.4 Å². The number of hydrogen-bond acceptors (Lipinski definition) is 4. The molecule has 0 radical (unpaired) electrons. The minimum atomic E-state index is 0.0896. The average molecular weight is 377 g/mol. The van der Waals surface area contributed by atoms with Crippen molar-refractivity contribution in [3.05, 3.63) is 53.6 Å². The monoisotopic (exact) mass is 377 g/mol. The Labute approximate surface area is 164 Å². The first-order valence-electron chi connectivity index (χ1n) is 10.0. The van der Waals surface area contributed by atoms with Crippen LogP contribution in [-0.4, -0.2) is 31.4 Å². The molecular weight excluding hydrogens is 354 g/mol. The number of carbonyl (C=O) groups is 2. The highest BCUT2D eigenvalue weighted by Gasteiger charge is 2.36. The predicted molar refractivity (Wildman–Crippen MR) is 105 cm³/mol. The maximum atomic E-state index is 13.2. The maximum absolute atomic E-state index is 13.2. The molecule has 1 fully saturated rings. The summed E-state index contributed by atoms with van der Waals surface area (Å²) < 4.78 is 11.4. The van der Waals surface area contributed by atoms with Gasteiger partial charge in [0.2, 0.25) is 5.91 Å². The van der Waals surface area contributed by atoms with Crippen molar-refractivity contribution in [3.63, 3.8) is 0 Å².